The Kier molecular flexibility index (Phi) is 5.36. The van der Waals surface area contributed by atoms with Crippen LogP contribution in [0.1, 0.15) is 29.9 Å². The Hall–Kier alpha value is -2.38. The largest absolute Gasteiger partial charge is 0.496 e. The summed E-state index contributed by atoms with van der Waals surface area (Å²) in [5.41, 5.74) is 1.76. The van der Waals surface area contributed by atoms with E-state index in [1.807, 2.05) is 24.3 Å². The molecular weight excluding hydrogens is 454 g/mol. The van der Waals surface area contributed by atoms with Gasteiger partial charge >= 0.3 is 0 Å². The van der Waals surface area contributed by atoms with Crippen molar-refractivity contribution in [3.8, 4) is 5.75 Å². The van der Waals surface area contributed by atoms with Gasteiger partial charge in [-0.15, -0.1) is 0 Å². The molecule has 3 aromatic carbocycles. The predicted octanol–water partition coefficient (Wildman–Crippen LogP) is 4.54. The molecule has 1 aliphatic rings. The first-order valence-electron chi connectivity index (χ1n) is 9.32. The average Bonchev–Trinajstić information content (AvgIpc) is 2.73. The molecule has 0 radical (unpaired) electrons. The molecule has 0 heterocycles. The van der Waals surface area contributed by atoms with Gasteiger partial charge in [-0.05, 0) is 48.4 Å². The monoisotopic (exact) mass is 473 g/mol. The minimum atomic E-state index is -4.02. The van der Waals surface area contributed by atoms with Gasteiger partial charge in [0.1, 0.15) is 5.75 Å². The third-order valence-corrected chi connectivity index (χ3v) is 7.49. The van der Waals surface area contributed by atoms with Crippen molar-refractivity contribution in [2.24, 2.45) is 0 Å². The summed E-state index contributed by atoms with van der Waals surface area (Å²) in [7, 11) is -2.46. The molecule has 4 rings (SSSR count). The number of hydrogen-bond donors (Lipinski definition) is 1. The number of rotatable bonds is 4. The molecular formula is C22H20BrNO4S. The van der Waals surface area contributed by atoms with Gasteiger partial charge in [-0.25, -0.2) is 13.1 Å². The molecule has 0 saturated carbocycles. The molecule has 1 aliphatic carbocycles. The maximum absolute atomic E-state index is 13.1. The van der Waals surface area contributed by atoms with Gasteiger partial charge in [0.15, 0.2) is 0 Å². The van der Waals surface area contributed by atoms with E-state index in [2.05, 4.69) is 20.7 Å². The maximum Gasteiger partial charge on any atom is 0.264 e. The van der Waals surface area contributed by atoms with E-state index in [1.165, 1.54) is 6.07 Å². The second kappa shape index (κ2) is 7.80. The molecule has 1 amide bonds. The predicted molar refractivity (Wildman–Crippen MR) is 116 cm³/mol. The Morgan fingerprint density at radius 2 is 1.86 bits per heavy atom. The van der Waals surface area contributed by atoms with Gasteiger partial charge < -0.3 is 4.74 Å². The van der Waals surface area contributed by atoms with Crippen LogP contribution in [0.5, 0.6) is 5.75 Å². The van der Waals surface area contributed by atoms with E-state index < -0.39 is 21.8 Å². The van der Waals surface area contributed by atoms with Crippen molar-refractivity contribution in [2.75, 3.05) is 7.11 Å². The molecule has 1 atom stereocenters. The molecule has 1 unspecified atom stereocenters. The van der Waals surface area contributed by atoms with E-state index in [4.69, 9.17) is 4.74 Å². The lowest BCUT2D eigenvalue weighted by Gasteiger charge is -2.27. The van der Waals surface area contributed by atoms with Crippen LogP contribution < -0.4 is 9.46 Å². The van der Waals surface area contributed by atoms with E-state index in [0.717, 1.165) is 33.8 Å². The minimum absolute atomic E-state index is 0.0983. The fourth-order valence-corrected chi connectivity index (χ4v) is 5.80. The summed E-state index contributed by atoms with van der Waals surface area (Å²) >= 11 is 3.54. The van der Waals surface area contributed by atoms with E-state index in [0.29, 0.717) is 17.6 Å². The van der Waals surface area contributed by atoms with Gasteiger partial charge in [-0.3, -0.25) is 4.79 Å². The number of fused-ring (bicyclic) bond motifs is 2. The molecule has 0 saturated heterocycles. The third-order valence-electron chi connectivity index (χ3n) is 5.34. The summed E-state index contributed by atoms with van der Waals surface area (Å²) in [6, 6.07) is 15.9. The van der Waals surface area contributed by atoms with Crippen LogP contribution in [0.3, 0.4) is 0 Å². The second-order valence-electron chi connectivity index (χ2n) is 7.03. The highest BCUT2D eigenvalue weighted by atomic mass is 79.9. The summed E-state index contributed by atoms with van der Waals surface area (Å²) in [6.07, 6.45) is 2.18. The normalized spacial score (nSPS) is 16.3. The van der Waals surface area contributed by atoms with E-state index in [-0.39, 0.29) is 4.90 Å². The van der Waals surface area contributed by atoms with Crippen LogP contribution >= 0.6 is 15.9 Å². The van der Waals surface area contributed by atoms with Gasteiger partial charge in [-0.1, -0.05) is 52.3 Å². The zero-order valence-electron chi connectivity index (χ0n) is 15.8. The molecule has 7 heteroatoms. The van der Waals surface area contributed by atoms with Gasteiger partial charge in [0, 0.05) is 15.4 Å². The first-order valence-corrected chi connectivity index (χ1v) is 11.6. The number of benzene rings is 3. The standard InChI is InChI=1S/C22H20BrNO4S/c1-28-19-13-12-18(23)16-9-5-10-17(21(16)19)22(25)24-29(26,27)20-11-4-7-14-6-2-3-8-15(14)20/h2-4,6-8,11-13,17H,5,9-10H2,1H3,(H,24,25). The molecule has 5 nitrogen and oxygen atoms in total. The SMILES string of the molecule is COc1ccc(Br)c2c1C(C(=O)NS(=O)(=O)c1cccc3ccccc13)CCC2. The first kappa shape index (κ1) is 19.9. The smallest absolute Gasteiger partial charge is 0.264 e. The van der Waals surface area contributed by atoms with E-state index in [9.17, 15) is 13.2 Å². The fraction of sp³-hybridized carbons (Fsp3) is 0.227. The molecule has 0 spiro atoms. The summed E-state index contributed by atoms with van der Waals surface area (Å²) in [5, 5.41) is 1.39. The molecule has 3 aromatic rings. The molecule has 29 heavy (non-hydrogen) atoms. The van der Waals surface area contributed by atoms with Crippen molar-refractivity contribution < 1.29 is 17.9 Å². The van der Waals surface area contributed by atoms with E-state index >= 15 is 0 Å². The van der Waals surface area contributed by atoms with Crippen LogP contribution in [0.25, 0.3) is 10.8 Å². The lowest BCUT2D eigenvalue weighted by atomic mass is 9.82. The van der Waals surface area contributed by atoms with Crippen molar-refractivity contribution in [2.45, 2.75) is 30.1 Å². The summed E-state index contributed by atoms with van der Waals surface area (Å²) in [5.74, 6) is -0.517. The Morgan fingerprint density at radius 1 is 1.10 bits per heavy atom. The number of amides is 1. The molecule has 0 bridgehead atoms. The highest BCUT2D eigenvalue weighted by molar-refractivity contribution is 9.10. The summed E-state index contributed by atoms with van der Waals surface area (Å²) < 4.78 is 34.8. The zero-order valence-corrected chi connectivity index (χ0v) is 18.2. The van der Waals surface area contributed by atoms with E-state index in [1.54, 1.807) is 31.4 Å². The Morgan fingerprint density at radius 3 is 2.66 bits per heavy atom. The Bertz CT molecular complexity index is 1200. The maximum atomic E-state index is 13.1. The van der Waals surface area contributed by atoms with Crippen LogP contribution in [0.4, 0.5) is 0 Å². The Balaban J connectivity index is 1.72. The summed E-state index contributed by atoms with van der Waals surface area (Å²) in [4.78, 5) is 13.2. The average molecular weight is 474 g/mol. The van der Waals surface area contributed by atoms with Crippen LogP contribution in [0, 0.1) is 0 Å². The molecule has 0 aromatic heterocycles. The molecule has 1 N–H and O–H groups in total. The number of carbonyl (C=O) groups excluding carboxylic acids is 1. The Labute approximate surface area is 178 Å². The van der Waals surface area contributed by atoms with Crippen molar-refractivity contribution in [3.05, 3.63) is 70.2 Å². The highest BCUT2D eigenvalue weighted by Crippen LogP contribution is 2.41. The molecule has 0 aliphatic heterocycles. The van der Waals surface area contributed by atoms with Crippen molar-refractivity contribution in [1.29, 1.82) is 0 Å². The first-order chi connectivity index (χ1) is 13.9. The topological polar surface area (TPSA) is 72.5 Å². The van der Waals surface area contributed by atoms with Crippen LogP contribution in [0.15, 0.2) is 64.0 Å². The number of carbonyl (C=O) groups is 1. The number of hydrogen-bond acceptors (Lipinski definition) is 4. The molecule has 0 fully saturated rings. The van der Waals surface area contributed by atoms with Crippen LogP contribution in [-0.4, -0.2) is 21.4 Å². The fourth-order valence-electron chi connectivity index (χ4n) is 4.01. The number of nitrogens with one attached hydrogen (secondary N) is 1. The zero-order chi connectivity index (χ0) is 20.6. The van der Waals surface area contributed by atoms with Crippen LogP contribution in [-0.2, 0) is 21.2 Å². The third kappa shape index (κ3) is 3.65. The second-order valence-corrected chi connectivity index (χ2v) is 9.54. The lowest BCUT2D eigenvalue weighted by Crippen LogP contribution is -2.36. The number of ether oxygens (including phenoxy) is 1. The van der Waals surface area contributed by atoms with Gasteiger partial charge in [0.05, 0.1) is 17.9 Å². The minimum Gasteiger partial charge on any atom is -0.496 e. The van der Waals surface area contributed by atoms with Crippen molar-refractivity contribution >= 4 is 42.6 Å². The van der Waals surface area contributed by atoms with Gasteiger partial charge in [0.25, 0.3) is 10.0 Å². The van der Waals surface area contributed by atoms with Crippen molar-refractivity contribution in [3.63, 3.8) is 0 Å². The number of methoxy groups -OCH3 is 1. The quantitative estimate of drug-likeness (QED) is 0.603. The number of halogens is 1. The lowest BCUT2D eigenvalue weighted by molar-refractivity contribution is -0.121. The van der Waals surface area contributed by atoms with Crippen molar-refractivity contribution in [1.82, 2.24) is 4.72 Å². The summed E-state index contributed by atoms with van der Waals surface area (Å²) in [6.45, 7) is 0. The van der Waals surface area contributed by atoms with Gasteiger partial charge in [-0.2, -0.15) is 0 Å². The highest BCUT2D eigenvalue weighted by Gasteiger charge is 2.33. The van der Waals surface area contributed by atoms with Gasteiger partial charge in [0.2, 0.25) is 5.91 Å². The van der Waals surface area contributed by atoms with Crippen LogP contribution in [0.2, 0.25) is 0 Å². The number of sulfonamides is 1. The molecule has 150 valence electrons.